The van der Waals surface area contributed by atoms with E-state index in [9.17, 15) is 9.59 Å². The predicted molar refractivity (Wildman–Crippen MR) is 97.4 cm³/mol. The molecule has 132 valence electrons. The van der Waals surface area contributed by atoms with Crippen LogP contribution in [0.5, 0.6) is 11.5 Å². The third-order valence-electron chi connectivity index (χ3n) is 3.44. The lowest BCUT2D eigenvalue weighted by Gasteiger charge is -2.22. The van der Waals surface area contributed by atoms with Crippen molar-refractivity contribution in [1.29, 1.82) is 0 Å². The summed E-state index contributed by atoms with van der Waals surface area (Å²) in [7, 11) is 0. The Kier molecular flexibility index (Phi) is 5.85. The summed E-state index contributed by atoms with van der Waals surface area (Å²) in [6, 6.07) is 11.7. The highest BCUT2D eigenvalue weighted by Gasteiger charge is 2.19. The molecular formula is C19H19BrO5. The van der Waals surface area contributed by atoms with E-state index in [2.05, 4.69) is 36.7 Å². The molecule has 5 nitrogen and oxygen atoms in total. The van der Waals surface area contributed by atoms with Gasteiger partial charge in [0.25, 0.3) is 0 Å². The van der Waals surface area contributed by atoms with Gasteiger partial charge in [0, 0.05) is 0 Å². The lowest BCUT2D eigenvalue weighted by molar-refractivity contribution is -0.136. The summed E-state index contributed by atoms with van der Waals surface area (Å²) in [5.74, 6) is -0.761. The van der Waals surface area contributed by atoms with Crippen LogP contribution in [0, 0.1) is 0 Å². The van der Waals surface area contributed by atoms with E-state index in [1.165, 1.54) is 18.2 Å². The second-order valence-electron chi connectivity index (χ2n) is 6.46. The van der Waals surface area contributed by atoms with E-state index >= 15 is 0 Å². The average molecular weight is 407 g/mol. The van der Waals surface area contributed by atoms with Crippen LogP contribution in [-0.2, 0) is 10.2 Å². The molecule has 0 unspecified atom stereocenters. The van der Waals surface area contributed by atoms with Gasteiger partial charge >= 0.3 is 11.9 Å². The maximum atomic E-state index is 12.0. The number of halogens is 1. The lowest BCUT2D eigenvalue weighted by Crippen LogP contribution is -2.20. The lowest BCUT2D eigenvalue weighted by atomic mass is 9.86. The molecule has 2 aromatic carbocycles. The molecule has 0 aliphatic carbocycles. The number of carboxylic acids is 1. The molecule has 0 atom stereocenters. The van der Waals surface area contributed by atoms with Crippen LogP contribution in [0.4, 0.5) is 0 Å². The van der Waals surface area contributed by atoms with Crippen molar-refractivity contribution in [2.24, 2.45) is 0 Å². The highest BCUT2D eigenvalue weighted by molar-refractivity contribution is 9.10. The first kappa shape index (κ1) is 19.0. The third-order valence-corrected chi connectivity index (χ3v) is 4.06. The molecule has 6 heteroatoms. The van der Waals surface area contributed by atoms with Gasteiger partial charge in [-0.3, -0.25) is 0 Å². The maximum absolute atomic E-state index is 12.0. The zero-order valence-corrected chi connectivity index (χ0v) is 15.8. The summed E-state index contributed by atoms with van der Waals surface area (Å²) < 4.78 is 11.2. The van der Waals surface area contributed by atoms with Gasteiger partial charge in [-0.2, -0.15) is 0 Å². The molecule has 1 N–H and O–H groups in total. The second kappa shape index (κ2) is 7.70. The van der Waals surface area contributed by atoms with E-state index in [1.807, 2.05) is 24.3 Å². The van der Waals surface area contributed by atoms with Gasteiger partial charge < -0.3 is 14.6 Å². The molecule has 0 fully saturated rings. The number of hydrogen-bond donors (Lipinski definition) is 1. The molecule has 0 radical (unpaired) electrons. The first-order valence-electron chi connectivity index (χ1n) is 7.64. The van der Waals surface area contributed by atoms with Gasteiger partial charge in [0.1, 0.15) is 11.5 Å². The van der Waals surface area contributed by atoms with Crippen LogP contribution in [0.25, 0.3) is 0 Å². The largest absolute Gasteiger partial charge is 0.482 e. The van der Waals surface area contributed by atoms with E-state index in [1.54, 1.807) is 0 Å². The summed E-state index contributed by atoms with van der Waals surface area (Å²) in [5, 5.41) is 8.94. The van der Waals surface area contributed by atoms with Gasteiger partial charge in [-0.05, 0) is 51.2 Å². The number of rotatable bonds is 5. The zero-order chi connectivity index (χ0) is 18.6. The Bertz CT molecular complexity index is 793. The van der Waals surface area contributed by atoms with E-state index in [-0.39, 0.29) is 23.3 Å². The molecule has 0 aliphatic rings. The van der Waals surface area contributed by atoms with Crippen LogP contribution in [0.15, 0.2) is 46.9 Å². The summed E-state index contributed by atoms with van der Waals surface area (Å²) in [5.41, 5.74) is 0.979. The molecule has 2 rings (SSSR count). The van der Waals surface area contributed by atoms with Crippen molar-refractivity contribution in [3.05, 3.63) is 58.1 Å². The quantitative estimate of drug-likeness (QED) is 0.587. The van der Waals surface area contributed by atoms with Crippen LogP contribution >= 0.6 is 15.9 Å². The highest BCUT2D eigenvalue weighted by Crippen LogP contribution is 2.31. The molecule has 0 saturated heterocycles. The van der Waals surface area contributed by atoms with Crippen LogP contribution in [0.1, 0.15) is 36.7 Å². The van der Waals surface area contributed by atoms with Gasteiger partial charge in [-0.15, -0.1) is 0 Å². The number of benzene rings is 2. The Labute approximate surface area is 154 Å². The summed E-state index contributed by atoms with van der Waals surface area (Å²) in [6.07, 6.45) is 0. The molecule has 0 bridgehead atoms. The van der Waals surface area contributed by atoms with Crippen molar-refractivity contribution in [2.75, 3.05) is 6.61 Å². The Morgan fingerprint density at radius 1 is 1.08 bits per heavy atom. The number of hydrogen-bond acceptors (Lipinski definition) is 4. The number of ether oxygens (including phenoxy) is 2. The summed E-state index contributed by atoms with van der Waals surface area (Å²) >= 11 is 3.20. The van der Waals surface area contributed by atoms with Crippen molar-refractivity contribution in [3.8, 4) is 11.5 Å². The molecule has 2 aromatic rings. The predicted octanol–water partition coefficient (Wildman–Crippen LogP) is 4.43. The molecule has 0 saturated carbocycles. The Morgan fingerprint density at radius 3 is 2.36 bits per heavy atom. The fraction of sp³-hybridized carbons (Fsp3) is 0.263. The summed E-state index contributed by atoms with van der Waals surface area (Å²) in [6.45, 7) is 5.94. The van der Waals surface area contributed by atoms with Crippen LogP contribution < -0.4 is 9.47 Å². The monoisotopic (exact) mass is 406 g/mol. The minimum atomic E-state index is -1.05. The molecule has 0 heterocycles. The number of carbonyl (C=O) groups is 2. The SMILES string of the molecule is CC(C)(C)c1ccccc1OCC(=O)Oc1ccc(C(=O)O)cc1Br. The van der Waals surface area contributed by atoms with Crippen molar-refractivity contribution in [3.63, 3.8) is 0 Å². The van der Waals surface area contributed by atoms with Crippen LogP contribution in [-0.4, -0.2) is 23.7 Å². The van der Waals surface area contributed by atoms with Crippen molar-refractivity contribution >= 4 is 27.9 Å². The zero-order valence-electron chi connectivity index (χ0n) is 14.2. The molecule has 0 aliphatic heterocycles. The Hall–Kier alpha value is -2.34. The topological polar surface area (TPSA) is 72.8 Å². The molecule has 0 amide bonds. The third kappa shape index (κ3) is 5.06. The van der Waals surface area contributed by atoms with Gasteiger partial charge in [0.15, 0.2) is 6.61 Å². The smallest absolute Gasteiger partial charge is 0.349 e. The number of esters is 1. The number of carbonyl (C=O) groups excluding carboxylic acids is 1. The minimum absolute atomic E-state index is 0.0991. The van der Waals surface area contributed by atoms with Crippen molar-refractivity contribution in [2.45, 2.75) is 26.2 Å². The molecule has 0 spiro atoms. The van der Waals surface area contributed by atoms with Crippen LogP contribution in [0.2, 0.25) is 0 Å². The first-order chi connectivity index (χ1) is 11.7. The second-order valence-corrected chi connectivity index (χ2v) is 7.31. The molecule has 25 heavy (non-hydrogen) atoms. The van der Waals surface area contributed by atoms with Gasteiger partial charge in [-0.25, -0.2) is 9.59 Å². The molecular weight excluding hydrogens is 388 g/mol. The van der Waals surface area contributed by atoms with E-state index in [0.29, 0.717) is 10.2 Å². The first-order valence-corrected chi connectivity index (χ1v) is 8.43. The average Bonchev–Trinajstić information content (AvgIpc) is 2.54. The van der Waals surface area contributed by atoms with E-state index in [4.69, 9.17) is 14.6 Å². The highest BCUT2D eigenvalue weighted by atomic mass is 79.9. The fourth-order valence-corrected chi connectivity index (χ4v) is 2.68. The number of para-hydroxylation sites is 1. The summed E-state index contributed by atoms with van der Waals surface area (Å²) in [4.78, 5) is 22.9. The fourth-order valence-electron chi connectivity index (χ4n) is 2.22. The maximum Gasteiger partial charge on any atom is 0.349 e. The van der Waals surface area contributed by atoms with Crippen LogP contribution in [0.3, 0.4) is 0 Å². The Balaban J connectivity index is 2.04. The standard InChI is InChI=1S/C19H19BrO5/c1-19(2,3)13-6-4-5-7-15(13)24-11-17(21)25-16-9-8-12(18(22)23)10-14(16)20/h4-10H,11H2,1-3H3,(H,22,23). The number of carboxylic acid groups (broad SMARTS) is 1. The number of aromatic carboxylic acids is 1. The van der Waals surface area contributed by atoms with E-state index in [0.717, 1.165) is 5.56 Å². The van der Waals surface area contributed by atoms with Crippen molar-refractivity contribution in [1.82, 2.24) is 0 Å². The van der Waals surface area contributed by atoms with E-state index < -0.39 is 11.9 Å². The van der Waals surface area contributed by atoms with Gasteiger partial charge in [0.05, 0.1) is 10.0 Å². The Morgan fingerprint density at radius 2 is 1.76 bits per heavy atom. The van der Waals surface area contributed by atoms with Crippen molar-refractivity contribution < 1.29 is 24.2 Å². The van der Waals surface area contributed by atoms with Gasteiger partial charge in [0.2, 0.25) is 0 Å². The van der Waals surface area contributed by atoms with Gasteiger partial charge in [-0.1, -0.05) is 39.0 Å². The normalized spacial score (nSPS) is 11.0. The minimum Gasteiger partial charge on any atom is -0.482 e. The molecule has 0 aromatic heterocycles.